The van der Waals surface area contributed by atoms with Crippen molar-refractivity contribution >= 4 is 124 Å². The van der Waals surface area contributed by atoms with Crippen LogP contribution in [0, 0.1) is 5.92 Å². The number of aliphatic hydroxyl groups excluding tert-OH is 6. The lowest BCUT2D eigenvalue weighted by molar-refractivity contribution is -0.143. The third kappa shape index (κ3) is 38.3. The fraction of sp³-hybridized carbons (Fsp3) is 0.634. The van der Waals surface area contributed by atoms with E-state index in [1.807, 2.05) is 0 Å². The van der Waals surface area contributed by atoms with Gasteiger partial charge in [-0.05, 0) is 108 Å². The molecule has 0 bridgehead atoms. The molecule has 0 saturated carbocycles. The molecule has 17 atom stereocenters. The molecule has 688 valence electrons. The number of hydrogen-bond acceptors (Lipinski definition) is 30. The predicted octanol–water partition coefficient (Wildman–Crippen LogP) is -12.8. The quantitative estimate of drug-likeness (QED) is 0.0142. The van der Waals surface area contributed by atoms with Crippen molar-refractivity contribution < 1.29 is 108 Å². The SMILES string of the molecule is CSCC[C@H](NC(=O)[C@H](CCSC)NC(=O)[C@@H](NC(=O)[C@@H](N)CO)[C@@H](C)O)C(=O)N[C@@H](CO)C(=O)N[C@@H](CCCN=C(N)N)C(=O)N[C@@H](CO)C(=O)N[C@@H](Cc1cnc[nH]1)C(=O)N[C@@H](CCCCN)C(=O)N[C@H](C(=O)N[C@@H](CCCN=C(N)N)C(=O)N[C@@H](CO)C(=O)N[C@@H](Cc1cnc[nH]1)C(=O)N[C@@H](Cc1cnc[nH]1)C(=O)N[C@H](C(=O)O)C(C)C)[C@@H](C)O. The molecule has 52 heteroatoms. The van der Waals surface area contributed by atoms with Gasteiger partial charge in [0.2, 0.25) is 82.7 Å². The van der Waals surface area contributed by atoms with Gasteiger partial charge in [-0.25, -0.2) is 19.7 Å². The molecule has 0 aliphatic rings. The molecule has 3 heterocycles. The van der Waals surface area contributed by atoms with Gasteiger partial charge in [0.25, 0.3) is 0 Å². The monoisotopic (exact) mass is 1780 g/mol. The summed E-state index contributed by atoms with van der Waals surface area (Å²) in [6, 6.07) is -24.9. The number of aliphatic hydroxyl groups is 6. The summed E-state index contributed by atoms with van der Waals surface area (Å²) in [5.74, 6) is -17.5. The highest BCUT2D eigenvalue weighted by atomic mass is 32.2. The molecular weight excluding hydrogens is 1660 g/mol. The van der Waals surface area contributed by atoms with Crippen molar-refractivity contribution in [3.63, 3.8) is 0 Å². The van der Waals surface area contributed by atoms with E-state index >= 15 is 0 Å². The van der Waals surface area contributed by atoms with Crippen LogP contribution in [0.25, 0.3) is 0 Å². The Morgan fingerprint density at radius 1 is 0.374 bits per heavy atom. The Hall–Kier alpha value is -11.4. The first-order valence-corrected chi connectivity index (χ1v) is 41.9. The Morgan fingerprint density at radius 3 is 0.919 bits per heavy atom. The number of aromatic nitrogens is 6. The summed E-state index contributed by atoms with van der Waals surface area (Å²) in [6.07, 6.45) is 5.99. The molecule has 3 rings (SSSR count). The number of carbonyl (C=O) groups excluding carboxylic acids is 14. The van der Waals surface area contributed by atoms with Crippen molar-refractivity contribution in [3.8, 4) is 0 Å². The molecule has 36 N–H and O–H groups in total. The number of carboxylic acids is 1. The standard InChI is InChI=1S/C71H120N28O22S2/c1-34(2)52(69(120)121)97-63(114)48(23-39-26-80-33-85-39)91-62(113)47(22-38-25-79-32-84-38)93-66(117)51(30-103)95-57(108)43(13-10-18-82-71(76)77)89-68(119)54(36(4)105)99-60(111)41(11-7-8-16-72)86-61(112)46(21-37-24-78-31-83-37)92-65(116)50(29-102)94-56(107)42(12-9-17-81-70(74)75)87-64(115)49(28-101)96-59(110)44(14-19-122-5)88-58(109)45(15-20-123-6)90-67(118)53(35(3)104)98-55(106)40(73)27-100/h24-26,31-36,40-54,100-105H,7-23,27-30,72-73H2,1-6H3,(H,78,83)(H,79,84)(H,80,85)(H,86,112)(H,87,115)(H,88,109)(H,89,119)(H,90,118)(H,91,113)(H,92,116)(H,93,117)(H,94,107)(H,95,108)(H,96,110)(H,97,114)(H,98,106)(H,99,111)(H,120,121)(H4,74,75,81)(H4,76,77,82)/t35-,36-,40+,41+,42+,43+,44+,45+,46+,47+,48+,49+,50+,51+,52+,53+,54+/m1/s1. The van der Waals surface area contributed by atoms with Gasteiger partial charge in [0.05, 0.1) is 57.6 Å². The van der Waals surface area contributed by atoms with E-state index < -0.39 is 230 Å². The molecular formula is C71H120N28O22S2. The number of rotatable bonds is 60. The van der Waals surface area contributed by atoms with Gasteiger partial charge in [0.15, 0.2) is 11.9 Å². The Labute approximate surface area is 715 Å². The van der Waals surface area contributed by atoms with Crippen LogP contribution < -0.4 is 109 Å². The zero-order chi connectivity index (χ0) is 92.0. The van der Waals surface area contributed by atoms with Crippen molar-refractivity contribution in [3.05, 3.63) is 54.7 Å². The van der Waals surface area contributed by atoms with Crippen molar-refractivity contribution in [1.29, 1.82) is 0 Å². The summed E-state index contributed by atoms with van der Waals surface area (Å²) < 4.78 is 0. The zero-order valence-corrected chi connectivity index (χ0v) is 70.6. The molecule has 3 aromatic heterocycles. The molecule has 14 amide bonds. The number of nitrogens with zero attached hydrogens (tertiary/aromatic N) is 5. The van der Waals surface area contributed by atoms with Crippen molar-refractivity contribution in [2.45, 2.75) is 208 Å². The molecule has 0 aliphatic carbocycles. The molecule has 0 aromatic carbocycles. The maximum Gasteiger partial charge on any atom is 0.326 e. The number of H-pyrrole nitrogens is 3. The third-order valence-corrected chi connectivity index (χ3v) is 19.7. The third-order valence-electron chi connectivity index (χ3n) is 18.4. The van der Waals surface area contributed by atoms with E-state index in [0.717, 1.165) is 6.92 Å². The van der Waals surface area contributed by atoms with Crippen LogP contribution in [0.5, 0.6) is 0 Å². The minimum absolute atomic E-state index is 0.0423. The summed E-state index contributed by atoms with van der Waals surface area (Å²) >= 11 is 2.55. The molecule has 0 unspecified atom stereocenters. The maximum atomic E-state index is 14.7. The highest BCUT2D eigenvalue weighted by Crippen LogP contribution is 2.14. The summed E-state index contributed by atoms with van der Waals surface area (Å²) in [7, 11) is 0. The number of guanidine groups is 2. The van der Waals surface area contributed by atoms with E-state index in [1.54, 1.807) is 26.4 Å². The first kappa shape index (κ1) is 106. The van der Waals surface area contributed by atoms with Gasteiger partial charge in [-0.3, -0.25) is 77.1 Å². The first-order chi connectivity index (χ1) is 58.4. The number of aromatic amines is 3. The topological polar surface area (TPSA) is 833 Å². The minimum Gasteiger partial charge on any atom is -0.480 e. The molecule has 0 radical (unpaired) electrons. The van der Waals surface area contributed by atoms with E-state index in [9.17, 15) is 108 Å². The van der Waals surface area contributed by atoms with E-state index in [4.69, 9.17) is 34.4 Å². The summed E-state index contributed by atoms with van der Waals surface area (Å²) in [6.45, 7) is 0.914. The molecule has 0 fully saturated rings. The predicted molar refractivity (Wildman–Crippen MR) is 445 cm³/mol. The van der Waals surface area contributed by atoms with Crippen LogP contribution in [0.3, 0.4) is 0 Å². The minimum atomic E-state index is -1.97. The fourth-order valence-electron chi connectivity index (χ4n) is 11.5. The van der Waals surface area contributed by atoms with Crippen LogP contribution in [-0.2, 0) is 91.2 Å². The molecule has 0 saturated heterocycles. The summed E-state index contributed by atoms with van der Waals surface area (Å²) in [5.41, 5.74) is 34.3. The van der Waals surface area contributed by atoms with Crippen molar-refractivity contribution in [2.75, 3.05) is 70.1 Å². The number of nitrogens with one attached hydrogen (secondary N) is 17. The Bertz CT molecular complexity index is 3920. The van der Waals surface area contributed by atoms with Crippen LogP contribution in [0.4, 0.5) is 0 Å². The lowest BCUT2D eigenvalue weighted by Gasteiger charge is -2.29. The Kier molecular flexibility index (Phi) is 48.4. The van der Waals surface area contributed by atoms with Crippen LogP contribution in [0.2, 0.25) is 0 Å². The second-order valence-corrected chi connectivity index (χ2v) is 30.6. The molecule has 0 aliphatic heterocycles. The summed E-state index contributed by atoms with van der Waals surface area (Å²) in [5, 5.41) is 106. The number of carbonyl (C=O) groups is 15. The van der Waals surface area contributed by atoms with Gasteiger partial charge >= 0.3 is 5.97 Å². The number of hydrogen-bond donors (Lipinski definition) is 30. The zero-order valence-electron chi connectivity index (χ0n) is 69.0. The average Bonchev–Trinajstić information content (AvgIpc) is 1.30. The number of amides is 14. The Morgan fingerprint density at radius 2 is 0.642 bits per heavy atom. The Balaban J connectivity index is 1.94. The first-order valence-electron chi connectivity index (χ1n) is 39.1. The van der Waals surface area contributed by atoms with Crippen LogP contribution >= 0.6 is 23.5 Å². The summed E-state index contributed by atoms with van der Waals surface area (Å²) in [4.78, 5) is 237. The van der Waals surface area contributed by atoms with Crippen molar-refractivity contribution in [2.24, 2.45) is 50.3 Å². The van der Waals surface area contributed by atoms with Crippen LogP contribution in [0.15, 0.2) is 47.6 Å². The van der Waals surface area contributed by atoms with Crippen LogP contribution in [-0.4, -0.2) is 339 Å². The number of carboxylic acid groups (broad SMARTS) is 1. The molecule has 123 heavy (non-hydrogen) atoms. The van der Waals surface area contributed by atoms with Gasteiger partial charge in [0, 0.05) is 68.0 Å². The van der Waals surface area contributed by atoms with Crippen molar-refractivity contribution in [1.82, 2.24) is 104 Å². The normalized spacial score (nSPS) is 15.3. The fourth-order valence-corrected chi connectivity index (χ4v) is 12.5. The lowest BCUT2D eigenvalue weighted by Crippen LogP contribution is -2.63. The lowest BCUT2D eigenvalue weighted by atomic mass is 10.0. The second-order valence-electron chi connectivity index (χ2n) is 28.6. The number of unbranched alkanes of at least 4 members (excludes halogenated alkanes) is 1. The van der Waals surface area contributed by atoms with E-state index in [2.05, 4.69) is 114 Å². The molecule has 0 spiro atoms. The van der Waals surface area contributed by atoms with Gasteiger partial charge < -0.3 is 160 Å². The molecule has 50 nitrogen and oxygen atoms in total. The van der Waals surface area contributed by atoms with E-state index in [1.165, 1.54) is 68.0 Å². The number of nitrogens with two attached hydrogens (primary N) is 6. The van der Waals surface area contributed by atoms with Gasteiger partial charge in [0.1, 0.15) is 90.6 Å². The smallest absolute Gasteiger partial charge is 0.326 e. The van der Waals surface area contributed by atoms with Crippen LogP contribution in [0.1, 0.15) is 103 Å². The van der Waals surface area contributed by atoms with Gasteiger partial charge in [-0.1, -0.05) is 13.8 Å². The van der Waals surface area contributed by atoms with Gasteiger partial charge in [-0.15, -0.1) is 0 Å². The highest BCUT2D eigenvalue weighted by molar-refractivity contribution is 7.98. The average molecular weight is 1780 g/mol. The number of imidazole rings is 3. The largest absolute Gasteiger partial charge is 0.480 e. The molecule has 3 aromatic rings. The van der Waals surface area contributed by atoms with Gasteiger partial charge in [-0.2, -0.15) is 23.5 Å². The number of aliphatic imine (C=N–C) groups is 2. The highest BCUT2D eigenvalue weighted by Gasteiger charge is 2.40. The number of thioether (sulfide) groups is 2. The van der Waals surface area contributed by atoms with E-state index in [0.29, 0.717) is 5.69 Å². The maximum absolute atomic E-state index is 14.7. The van der Waals surface area contributed by atoms with E-state index in [-0.39, 0.29) is 125 Å². The number of aliphatic carboxylic acids is 1. The second kappa shape index (κ2) is 56.3.